The molecule has 3 aliphatic rings. The van der Waals surface area contributed by atoms with Crippen molar-refractivity contribution < 1.29 is 14.9 Å². The molecule has 0 saturated carbocycles. The SMILES string of the molecule is N#CCN1CCC2(CCCN2C[C@H]2O[C@@H](c3ccc4c(N)ncnn34)[C@H](O)[C@@H]2O)CC1. The van der Waals surface area contributed by atoms with E-state index in [0.717, 1.165) is 45.3 Å². The third-order valence-corrected chi connectivity index (χ3v) is 7.39. The molecule has 0 amide bonds. The summed E-state index contributed by atoms with van der Waals surface area (Å²) < 4.78 is 7.84. The molecule has 166 valence electrons. The highest BCUT2D eigenvalue weighted by molar-refractivity contribution is 5.65. The van der Waals surface area contributed by atoms with Crippen LogP contribution >= 0.6 is 0 Å². The minimum Gasteiger partial charge on any atom is -0.388 e. The Hall–Kier alpha value is -2.29. The van der Waals surface area contributed by atoms with Crippen LogP contribution in [0.1, 0.15) is 37.5 Å². The summed E-state index contributed by atoms with van der Waals surface area (Å²) in [6.07, 6.45) is 2.44. The van der Waals surface area contributed by atoms with Gasteiger partial charge in [-0.05, 0) is 44.4 Å². The summed E-state index contributed by atoms with van der Waals surface area (Å²) in [7, 11) is 0. The smallest absolute Gasteiger partial charge is 0.151 e. The molecule has 2 aromatic heterocycles. The molecular formula is C21H29N7O3. The van der Waals surface area contributed by atoms with Gasteiger partial charge in [-0.15, -0.1) is 0 Å². The lowest BCUT2D eigenvalue weighted by Gasteiger charge is -2.45. The van der Waals surface area contributed by atoms with Gasteiger partial charge in [-0.3, -0.25) is 9.80 Å². The summed E-state index contributed by atoms with van der Waals surface area (Å²) in [6.45, 7) is 3.85. The number of nitrogens with zero attached hydrogens (tertiary/aromatic N) is 6. The Morgan fingerprint density at radius 3 is 2.77 bits per heavy atom. The van der Waals surface area contributed by atoms with Gasteiger partial charge in [-0.2, -0.15) is 10.4 Å². The Kier molecular flexibility index (Phi) is 5.32. The summed E-state index contributed by atoms with van der Waals surface area (Å²) >= 11 is 0. The maximum atomic E-state index is 10.8. The number of likely N-dealkylation sites (tertiary alicyclic amines) is 2. The number of rotatable bonds is 4. The van der Waals surface area contributed by atoms with Crippen molar-refractivity contribution in [3.63, 3.8) is 0 Å². The van der Waals surface area contributed by atoms with Crippen LogP contribution < -0.4 is 5.73 Å². The largest absolute Gasteiger partial charge is 0.388 e. The predicted molar refractivity (Wildman–Crippen MR) is 112 cm³/mol. The lowest BCUT2D eigenvalue weighted by atomic mass is 9.84. The van der Waals surface area contributed by atoms with Crippen LogP contribution in [-0.4, -0.2) is 91.2 Å². The molecule has 5 heterocycles. The van der Waals surface area contributed by atoms with Gasteiger partial charge >= 0.3 is 0 Å². The number of hydrogen-bond donors (Lipinski definition) is 3. The summed E-state index contributed by atoms with van der Waals surface area (Å²) in [5.74, 6) is 0.354. The van der Waals surface area contributed by atoms with Gasteiger partial charge in [0, 0.05) is 25.2 Å². The summed E-state index contributed by atoms with van der Waals surface area (Å²) in [4.78, 5) is 8.64. The molecule has 2 aromatic rings. The minimum atomic E-state index is -1.05. The molecule has 4 atom stereocenters. The van der Waals surface area contributed by atoms with Crippen LogP contribution in [0.4, 0.5) is 5.82 Å². The van der Waals surface area contributed by atoms with E-state index in [1.54, 1.807) is 10.6 Å². The second-order valence-corrected chi connectivity index (χ2v) is 8.99. The molecule has 3 saturated heterocycles. The van der Waals surface area contributed by atoms with Crippen molar-refractivity contribution in [1.29, 1.82) is 5.26 Å². The fourth-order valence-electron chi connectivity index (χ4n) is 5.62. The van der Waals surface area contributed by atoms with E-state index < -0.39 is 24.4 Å². The zero-order chi connectivity index (χ0) is 21.6. The van der Waals surface area contributed by atoms with Gasteiger partial charge in [-0.1, -0.05) is 0 Å². The molecule has 3 fully saturated rings. The number of aliphatic hydroxyl groups excluding tert-OH is 2. The van der Waals surface area contributed by atoms with E-state index >= 15 is 0 Å². The molecule has 0 aliphatic carbocycles. The number of nitrogens with two attached hydrogens (primary N) is 1. The van der Waals surface area contributed by atoms with E-state index in [-0.39, 0.29) is 5.54 Å². The standard InChI is InChI=1S/C21H29N7O3/c22-7-11-26-9-5-21(6-10-26)4-1-8-27(21)12-16-17(29)18(30)19(31-16)14-2-3-15-20(23)24-13-25-28(14)15/h2-3,13,16-19,29-30H,1,4-6,8-12H2,(H2,23,24,25)/t16-,17-,18-,19+/m1/s1. The quantitative estimate of drug-likeness (QED) is 0.573. The van der Waals surface area contributed by atoms with Gasteiger partial charge < -0.3 is 20.7 Å². The van der Waals surface area contributed by atoms with E-state index in [1.807, 2.05) is 6.07 Å². The Morgan fingerprint density at radius 2 is 2.00 bits per heavy atom. The van der Waals surface area contributed by atoms with Gasteiger partial charge in [0.15, 0.2) is 5.82 Å². The monoisotopic (exact) mass is 427 g/mol. The van der Waals surface area contributed by atoms with Gasteiger partial charge in [-0.25, -0.2) is 9.50 Å². The molecule has 3 aliphatic heterocycles. The van der Waals surface area contributed by atoms with E-state index in [0.29, 0.717) is 30.1 Å². The summed E-state index contributed by atoms with van der Waals surface area (Å²) in [5, 5.41) is 34.8. The molecule has 0 bridgehead atoms. The highest BCUT2D eigenvalue weighted by Gasteiger charge is 2.49. The van der Waals surface area contributed by atoms with Crippen LogP contribution in [0.3, 0.4) is 0 Å². The zero-order valence-corrected chi connectivity index (χ0v) is 17.5. The van der Waals surface area contributed by atoms with Crippen LogP contribution in [0.2, 0.25) is 0 Å². The highest BCUT2D eigenvalue weighted by atomic mass is 16.5. The van der Waals surface area contributed by atoms with Crippen LogP contribution in [0.5, 0.6) is 0 Å². The fourth-order valence-corrected chi connectivity index (χ4v) is 5.62. The summed E-state index contributed by atoms with van der Waals surface area (Å²) in [6, 6.07) is 5.85. The Morgan fingerprint density at radius 1 is 1.19 bits per heavy atom. The maximum absolute atomic E-state index is 10.8. The summed E-state index contributed by atoms with van der Waals surface area (Å²) in [5.41, 5.74) is 7.32. The third-order valence-electron chi connectivity index (χ3n) is 7.39. The van der Waals surface area contributed by atoms with Crippen molar-refractivity contribution in [1.82, 2.24) is 24.4 Å². The molecule has 5 rings (SSSR count). The lowest BCUT2D eigenvalue weighted by molar-refractivity contribution is -0.0378. The first kappa shape index (κ1) is 20.6. The zero-order valence-electron chi connectivity index (χ0n) is 17.5. The van der Waals surface area contributed by atoms with E-state index in [9.17, 15) is 10.2 Å². The van der Waals surface area contributed by atoms with Gasteiger partial charge in [0.2, 0.25) is 0 Å². The third kappa shape index (κ3) is 3.46. The number of aromatic nitrogens is 3. The lowest BCUT2D eigenvalue weighted by Crippen LogP contribution is -2.54. The first-order chi connectivity index (χ1) is 15.0. The molecule has 0 aromatic carbocycles. The molecule has 4 N–H and O–H groups in total. The van der Waals surface area contributed by atoms with Crippen molar-refractivity contribution in [3.05, 3.63) is 24.2 Å². The minimum absolute atomic E-state index is 0.0987. The number of ether oxygens (including phenoxy) is 1. The van der Waals surface area contributed by atoms with Gasteiger partial charge in [0.25, 0.3) is 0 Å². The number of nitrogen functional groups attached to an aromatic ring is 1. The number of aliphatic hydroxyl groups is 2. The average Bonchev–Trinajstić information content (AvgIpc) is 3.44. The first-order valence-corrected chi connectivity index (χ1v) is 11.0. The molecule has 1 spiro atoms. The second-order valence-electron chi connectivity index (χ2n) is 8.99. The number of hydrogen-bond acceptors (Lipinski definition) is 9. The van der Waals surface area contributed by atoms with Crippen LogP contribution in [0.15, 0.2) is 18.5 Å². The molecule has 31 heavy (non-hydrogen) atoms. The number of anilines is 1. The molecule has 0 radical (unpaired) electrons. The fraction of sp³-hybridized carbons (Fsp3) is 0.667. The Labute approximate surface area is 180 Å². The molecular weight excluding hydrogens is 398 g/mol. The molecule has 10 nitrogen and oxygen atoms in total. The Bertz CT molecular complexity index is 981. The average molecular weight is 428 g/mol. The van der Waals surface area contributed by atoms with Gasteiger partial charge in [0.05, 0.1) is 24.4 Å². The van der Waals surface area contributed by atoms with Crippen molar-refractivity contribution in [2.45, 2.75) is 55.6 Å². The van der Waals surface area contributed by atoms with E-state index in [2.05, 4.69) is 26.0 Å². The molecule has 10 heteroatoms. The van der Waals surface area contributed by atoms with Gasteiger partial charge in [0.1, 0.15) is 30.2 Å². The number of piperidine rings is 1. The number of fused-ring (bicyclic) bond motifs is 1. The topological polar surface area (TPSA) is 136 Å². The number of nitriles is 1. The highest BCUT2D eigenvalue weighted by Crippen LogP contribution is 2.41. The van der Waals surface area contributed by atoms with Crippen LogP contribution in [0, 0.1) is 11.3 Å². The van der Waals surface area contributed by atoms with E-state index in [4.69, 9.17) is 15.7 Å². The first-order valence-electron chi connectivity index (χ1n) is 11.0. The van der Waals surface area contributed by atoms with E-state index in [1.165, 1.54) is 6.33 Å². The van der Waals surface area contributed by atoms with Crippen molar-refractivity contribution in [2.24, 2.45) is 0 Å². The van der Waals surface area contributed by atoms with Crippen molar-refractivity contribution in [2.75, 3.05) is 38.5 Å². The van der Waals surface area contributed by atoms with Crippen molar-refractivity contribution >= 4 is 11.3 Å². The van der Waals surface area contributed by atoms with Crippen LogP contribution in [0.25, 0.3) is 5.52 Å². The Balaban J connectivity index is 1.31. The van der Waals surface area contributed by atoms with Crippen LogP contribution in [-0.2, 0) is 4.74 Å². The van der Waals surface area contributed by atoms with Crippen molar-refractivity contribution in [3.8, 4) is 6.07 Å². The molecule has 0 unspecified atom stereocenters. The maximum Gasteiger partial charge on any atom is 0.151 e. The second kappa shape index (κ2) is 8.00. The predicted octanol–water partition coefficient (Wildman–Crippen LogP) is -0.0728. The normalized spacial score (nSPS) is 31.5.